The van der Waals surface area contributed by atoms with Crippen LogP contribution in [0, 0.1) is 5.82 Å². The summed E-state index contributed by atoms with van der Waals surface area (Å²) in [4.78, 5) is 13.0. The van der Waals surface area contributed by atoms with E-state index in [0.717, 1.165) is 16.7 Å². The number of hydrogen-bond donors (Lipinski definition) is 0. The highest BCUT2D eigenvalue weighted by Crippen LogP contribution is 2.29. The fourth-order valence-corrected chi connectivity index (χ4v) is 3.28. The second kappa shape index (κ2) is 8.74. The first-order valence-electron chi connectivity index (χ1n) is 9.66. The summed E-state index contributed by atoms with van der Waals surface area (Å²) in [6, 6.07) is 21.4. The number of aromatic nitrogens is 2. The predicted octanol–water partition coefficient (Wildman–Crippen LogP) is 5.23. The van der Waals surface area contributed by atoms with Gasteiger partial charge in [0.15, 0.2) is 5.78 Å². The maximum atomic E-state index is 13.5. The first-order chi connectivity index (χ1) is 14.6. The molecule has 0 aliphatic heterocycles. The maximum Gasteiger partial charge on any atom is 0.170 e. The SMILES string of the molecule is Cn1cc(-c2ccc(C(=O)Cc3cccc(F)c3)c(OCc3ccccc3)c2)cn1. The highest BCUT2D eigenvalue weighted by atomic mass is 19.1. The molecule has 4 aromatic rings. The lowest BCUT2D eigenvalue weighted by molar-refractivity contribution is 0.0988. The summed E-state index contributed by atoms with van der Waals surface area (Å²) in [6.45, 7) is 0.345. The lowest BCUT2D eigenvalue weighted by Gasteiger charge is -2.13. The highest BCUT2D eigenvalue weighted by Gasteiger charge is 2.16. The minimum atomic E-state index is -0.354. The Kier molecular flexibility index (Phi) is 5.70. The predicted molar refractivity (Wildman–Crippen MR) is 114 cm³/mol. The van der Waals surface area contributed by atoms with Gasteiger partial charge in [0.25, 0.3) is 0 Å². The number of aryl methyl sites for hydroxylation is 1. The van der Waals surface area contributed by atoms with Crippen molar-refractivity contribution in [2.45, 2.75) is 13.0 Å². The van der Waals surface area contributed by atoms with Crippen molar-refractivity contribution in [2.75, 3.05) is 0 Å². The number of Topliss-reactive ketones (excluding diaryl/α,β-unsaturated/α-hetero) is 1. The largest absolute Gasteiger partial charge is 0.488 e. The third-order valence-electron chi connectivity index (χ3n) is 4.81. The lowest BCUT2D eigenvalue weighted by atomic mass is 9.99. The van der Waals surface area contributed by atoms with Crippen LogP contribution in [-0.2, 0) is 20.1 Å². The number of carbonyl (C=O) groups excluding carboxylic acids is 1. The number of ether oxygens (including phenoxy) is 1. The molecule has 5 heteroatoms. The summed E-state index contributed by atoms with van der Waals surface area (Å²) in [5, 5.41) is 4.21. The Morgan fingerprint density at radius 1 is 0.967 bits per heavy atom. The van der Waals surface area contributed by atoms with Gasteiger partial charge in [-0.2, -0.15) is 5.10 Å². The minimum Gasteiger partial charge on any atom is -0.488 e. The van der Waals surface area contributed by atoms with Crippen LogP contribution in [0.2, 0.25) is 0 Å². The van der Waals surface area contributed by atoms with Crippen LogP contribution >= 0.6 is 0 Å². The molecule has 0 N–H and O–H groups in total. The maximum absolute atomic E-state index is 13.5. The molecule has 4 rings (SSSR count). The minimum absolute atomic E-state index is 0.103. The molecule has 0 aliphatic carbocycles. The Hall–Kier alpha value is -3.73. The van der Waals surface area contributed by atoms with Gasteiger partial charge in [0.2, 0.25) is 0 Å². The molecule has 0 aliphatic rings. The van der Waals surface area contributed by atoms with Gasteiger partial charge in [-0.05, 0) is 41.0 Å². The Morgan fingerprint density at radius 2 is 1.77 bits per heavy atom. The van der Waals surface area contributed by atoms with Gasteiger partial charge in [0, 0.05) is 25.2 Å². The fraction of sp³-hybridized carbons (Fsp3) is 0.120. The molecule has 30 heavy (non-hydrogen) atoms. The molecule has 4 nitrogen and oxygen atoms in total. The van der Waals surface area contributed by atoms with E-state index in [1.54, 1.807) is 29.1 Å². The van der Waals surface area contributed by atoms with Crippen LogP contribution in [0.25, 0.3) is 11.1 Å². The van der Waals surface area contributed by atoms with Crippen LogP contribution in [0.1, 0.15) is 21.5 Å². The van der Waals surface area contributed by atoms with Crippen LogP contribution in [0.3, 0.4) is 0 Å². The van der Waals surface area contributed by atoms with Gasteiger partial charge in [-0.3, -0.25) is 9.48 Å². The molecule has 0 atom stereocenters. The Labute approximate surface area is 174 Å². The number of carbonyl (C=O) groups is 1. The van der Waals surface area contributed by atoms with Crippen molar-refractivity contribution in [3.8, 4) is 16.9 Å². The van der Waals surface area contributed by atoms with E-state index in [1.807, 2.05) is 55.7 Å². The Balaban J connectivity index is 1.64. The van der Waals surface area contributed by atoms with Crippen LogP contribution in [0.4, 0.5) is 4.39 Å². The number of hydrogen-bond acceptors (Lipinski definition) is 3. The van der Waals surface area contributed by atoms with E-state index < -0.39 is 0 Å². The van der Waals surface area contributed by atoms with Crippen molar-refractivity contribution in [3.63, 3.8) is 0 Å². The van der Waals surface area contributed by atoms with E-state index in [1.165, 1.54) is 12.1 Å². The van der Waals surface area contributed by atoms with Gasteiger partial charge in [0.05, 0.1) is 11.8 Å². The van der Waals surface area contributed by atoms with Crippen LogP contribution < -0.4 is 4.74 Å². The Bertz CT molecular complexity index is 1170. The number of ketones is 1. The number of nitrogens with zero attached hydrogens (tertiary/aromatic N) is 2. The van der Waals surface area contributed by atoms with E-state index in [9.17, 15) is 9.18 Å². The smallest absolute Gasteiger partial charge is 0.170 e. The topological polar surface area (TPSA) is 44.1 Å². The fourth-order valence-electron chi connectivity index (χ4n) is 3.28. The van der Waals surface area contributed by atoms with E-state index in [0.29, 0.717) is 23.5 Å². The Morgan fingerprint density at radius 3 is 2.50 bits per heavy atom. The van der Waals surface area contributed by atoms with Gasteiger partial charge in [-0.15, -0.1) is 0 Å². The molecule has 0 unspecified atom stereocenters. The van der Waals surface area contributed by atoms with Gasteiger partial charge < -0.3 is 4.74 Å². The zero-order valence-electron chi connectivity index (χ0n) is 16.6. The molecule has 150 valence electrons. The van der Waals surface area contributed by atoms with Crippen molar-refractivity contribution < 1.29 is 13.9 Å². The van der Waals surface area contributed by atoms with Crippen molar-refractivity contribution in [1.82, 2.24) is 9.78 Å². The average Bonchev–Trinajstić information content (AvgIpc) is 3.19. The quantitative estimate of drug-likeness (QED) is 0.399. The van der Waals surface area contributed by atoms with Crippen molar-refractivity contribution in [2.24, 2.45) is 7.05 Å². The number of halogens is 1. The molecule has 0 bridgehead atoms. The van der Waals surface area contributed by atoms with Gasteiger partial charge in [0.1, 0.15) is 18.2 Å². The molecular formula is C25H21FN2O2. The van der Waals surface area contributed by atoms with Crippen molar-refractivity contribution >= 4 is 5.78 Å². The van der Waals surface area contributed by atoms with Crippen LogP contribution in [0.5, 0.6) is 5.75 Å². The van der Waals surface area contributed by atoms with E-state index >= 15 is 0 Å². The van der Waals surface area contributed by atoms with Crippen LogP contribution in [-0.4, -0.2) is 15.6 Å². The van der Waals surface area contributed by atoms with Gasteiger partial charge >= 0.3 is 0 Å². The van der Waals surface area contributed by atoms with Gasteiger partial charge in [-0.25, -0.2) is 4.39 Å². The monoisotopic (exact) mass is 400 g/mol. The zero-order chi connectivity index (χ0) is 20.9. The molecule has 0 radical (unpaired) electrons. The summed E-state index contributed by atoms with van der Waals surface area (Å²) in [5.74, 6) is 0.0239. The summed E-state index contributed by atoms with van der Waals surface area (Å²) in [7, 11) is 1.85. The molecule has 0 fully saturated rings. The summed E-state index contributed by atoms with van der Waals surface area (Å²) in [5.41, 5.74) is 3.96. The van der Waals surface area contributed by atoms with Crippen molar-refractivity contribution in [1.29, 1.82) is 0 Å². The molecule has 0 amide bonds. The number of benzene rings is 3. The first-order valence-corrected chi connectivity index (χ1v) is 9.66. The van der Waals surface area contributed by atoms with E-state index in [-0.39, 0.29) is 18.0 Å². The first kappa shape index (κ1) is 19.6. The second-order valence-corrected chi connectivity index (χ2v) is 7.12. The second-order valence-electron chi connectivity index (χ2n) is 7.12. The molecule has 0 spiro atoms. The normalized spacial score (nSPS) is 10.7. The molecular weight excluding hydrogens is 379 g/mol. The lowest BCUT2D eigenvalue weighted by Crippen LogP contribution is -2.07. The number of rotatable bonds is 7. The zero-order valence-corrected chi connectivity index (χ0v) is 16.6. The van der Waals surface area contributed by atoms with Crippen LogP contribution in [0.15, 0.2) is 85.2 Å². The summed E-state index contributed by atoms with van der Waals surface area (Å²) < 4.78 is 21.3. The molecule has 0 saturated carbocycles. The molecule has 0 saturated heterocycles. The molecule has 1 heterocycles. The summed E-state index contributed by atoms with van der Waals surface area (Å²) in [6.07, 6.45) is 3.78. The standard InChI is InChI=1S/C25H21FN2O2/c1-28-16-21(15-27-28)20-10-11-23(24(29)13-19-8-5-9-22(26)12-19)25(14-20)30-17-18-6-3-2-4-7-18/h2-12,14-16H,13,17H2,1H3. The average molecular weight is 400 g/mol. The van der Waals surface area contributed by atoms with E-state index in [4.69, 9.17) is 4.74 Å². The van der Waals surface area contributed by atoms with Crippen molar-refractivity contribution in [3.05, 3.63) is 108 Å². The highest BCUT2D eigenvalue weighted by molar-refractivity contribution is 6.00. The molecule has 1 aromatic heterocycles. The van der Waals surface area contributed by atoms with E-state index in [2.05, 4.69) is 5.10 Å². The van der Waals surface area contributed by atoms with Gasteiger partial charge in [-0.1, -0.05) is 48.5 Å². The third-order valence-corrected chi connectivity index (χ3v) is 4.81. The molecule has 3 aromatic carbocycles. The third kappa shape index (κ3) is 4.63. The summed E-state index contributed by atoms with van der Waals surface area (Å²) >= 11 is 0.